The fraction of sp³-hybridized carbons (Fsp3) is 0.450. The Morgan fingerprint density at radius 3 is 2.79 bits per heavy atom. The molecule has 0 spiro atoms. The van der Waals surface area contributed by atoms with E-state index < -0.39 is 11.9 Å². The molecule has 29 heavy (non-hydrogen) atoms. The number of benzene rings is 1. The van der Waals surface area contributed by atoms with Crippen molar-refractivity contribution < 1.29 is 14.4 Å². The standard InChI is InChI=1S/C20H22N6O3/c27-18-8-7-17(19(28)22-18)25-10-13-12(20(25)29)4-3-6-16(13)26-11-15(23-24-26)14-5-1-2-9-21-14/h3-4,6,11,14,17,21H,1-2,5,7-10H2,(H,22,27,28). The molecule has 2 aromatic rings. The minimum Gasteiger partial charge on any atom is -0.322 e. The van der Waals surface area contributed by atoms with Gasteiger partial charge in [-0.15, -0.1) is 5.10 Å². The molecule has 1 aromatic heterocycles. The SMILES string of the molecule is O=C1CCC(N2Cc3c(cccc3-n3cc(C4CCCCN4)nn3)C2=O)C(=O)N1. The van der Waals surface area contributed by atoms with Crippen molar-refractivity contribution in [2.45, 2.75) is 50.7 Å². The first-order chi connectivity index (χ1) is 14.1. The molecule has 150 valence electrons. The Kier molecular flexibility index (Phi) is 4.39. The second-order valence-corrected chi connectivity index (χ2v) is 7.79. The average Bonchev–Trinajstić information content (AvgIpc) is 3.34. The number of imide groups is 1. The zero-order chi connectivity index (χ0) is 20.0. The van der Waals surface area contributed by atoms with E-state index >= 15 is 0 Å². The van der Waals surface area contributed by atoms with E-state index in [9.17, 15) is 14.4 Å². The van der Waals surface area contributed by atoms with E-state index in [1.807, 2.05) is 18.3 Å². The molecule has 9 heteroatoms. The average molecular weight is 394 g/mol. The molecule has 3 aliphatic rings. The molecule has 2 fully saturated rings. The Balaban J connectivity index is 1.43. The predicted octanol–water partition coefficient (Wildman–Crippen LogP) is 0.843. The van der Waals surface area contributed by atoms with Crippen LogP contribution in [0.3, 0.4) is 0 Å². The molecule has 2 saturated heterocycles. The number of nitrogens with zero attached hydrogens (tertiary/aromatic N) is 4. The third-order valence-corrected chi connectivity index (χ3v) is 5.98. The lowest BCUT2D eigenvalue weighted by Crippen LogP contribution is -2.52. The van der Waals surface area contributed by atoms with Gasteiger partial charge in [0.05, 0.1) is 17.9 Å². The quantitative estimate of drug-likeness (QED) is 0.747. The van der Waals surface area contributed by atoms with Crippen molar-refractivity contribution in [1.29, 1.82) is 0 Å². The van der Waals surface area contributed by atoms with Crippen LogP contribution in [0.15, 0.2) is 24.4 Å². The molecule has 1 aromatic carbocycles. The van der Waals surface area contributed by atoms with Gasteiger partial charge in [0.15, 0.2) is 0 Å². The predicted molar refractivity (Wildman–Crippen MR) is 102 cm³/mol. The maximum Gasteiger partial charge on any atom is 0.255 e. The topological polar surface area (TPSA) is 109 Å². The summed E-state index contributed by atoms with van der Waals surface area (Å²) in [5.41, 5.74) is 3.09. The van der Waals surface area contributed by atoms with Gasteiger partial charge in [0.25, 0.3) is 5.91 Å². The van der Waals surface area contributed by atoms with Gasteiger partial charge in [-0.05, 0) is 37.9 Å². The number of piperidine rings is 2. The lowest BCUT2D eigenvalue weighted by molar-refractivity contribution is -0.136. The van der Waals surface area contributed by atoms with Crippen LogP contribution in [-0.4, -0.2) is 50.2 Å². The van der Waals surface area contributed by atoms with Crippen LogP contribution in [-0.2, 0) is 16.1 Å². The highest BCUT2D eigenvalue weighted by Gasteiger charge is 2.40. The number of amides is 3. The highest BCUT2D eigenvalue weighted by Crippen LogP contribution is 2.31. The van der Waals surface area contributed by atoms with E-state index in [-0.39, 0.29) is 24.3 Å². The molecule has 3 aliphatic heterocycles. The van der Waals surface area contributed by atoms with Crippen LogP contribution >= 0.6 is 0 Å². The van der Waals surface area contributed by atoms with Crippen molar-refractivity contribution in [3.8, 4) is 5.69 Å². The Morgan fingerprint density at radius 1 is 1.10 bits per heavy atom. The number of nitrogens with one attached hydrogen (secondary N) is 2. The smallest absolute Gasteiger partial charge is 0.255 e. The Labute approximate surface area is 167 Å². The first-order valence-electron chi connectivity index (χ1n) is 10.0. The summed E-state index contributed by atoms with van der Waals surface area (Å²) in [6, 6.07) is 5.08. The molecular weight excluding hydrogens is 372 g/mol. The van der Waals surface area contributed by atoms with Crippen molar-refractivity contribution in [2.24, 2.45) is 0 Å². The van der Waals surface area contributed by atoms with Crippen LogP contribution < -0.4 is 10.6 Å². The first kappa shape index (κ1) is 18.0. The maximum atomic E-state index is 13.0. The van der Waals surface area contributed by atoms with Crippen molar-refractivity contribution in [3.63, 3.8) is 0 Å². The van der Waals surface area contributed by atoms with Gasteiger partial charge in [0.2, 0.25) is 11.8 Å². The molecule has 0 radical (unpaired) electrons. The van der Waals surface area contributed by atoms with E-state index in [1.54, 1.807) is 15.6 Å². The zero-order valence-electron chi connectivity index (χ0n) is 15.9. The lowest BCUT2D eigenvalue weighted by atomic mass is 10.0. The van der Waals surface area contributed by atoms with E-state index in [1.165, 1.54) is 12.8 Å². The van der Waals surface area contributed by atoms with Gasteiger partial charge in [-0.25, -0.2) is 4.68 Å². The van der Waals surface area contributed by atoms with E-state index in [4.69, 9.17) is 0 Å². The van der Waals surface area contributed by atoms with Crippen molar-refractivity contribution in [1.82, 2.24) is 30.5 Å². The summed E-state index contributed by atoms with van der Waals surface area (Å²) in [5, 5.41) is 14.4. The summed E-state index contributed by atoms with van der Waals surface area (Å²) in [6.07, 6.45) is 5.88. The minimum absolute atomic E-state index is 0.189. The summed E-state index contributed by atoms with van der Waals surface area (Å²) in [7, 11) is 0. The van der Waals surface area contributed by atoms with E-state index in [0.717, 1.165) is 29.9 Å². The van der Waals surface area contributed by atoms with Crippen molar-refractivity contribution >= 4 is 17.7 Å². The van der Waals surface area contributed by atoms with Gasteiger partial charge in [-0.2, -0.15) is 0 Å². The summed E-state index contributed by atoms with van der Waals surface area (Å²) in [6.45, 7) is 1.29. The monoisotopic (exact) mass is 394 g/mol. The van der Waals surface area contributed by atoms with E-state index in [0.29, 0.717) is 18.5 Å². The molecular formula is C20H22N6O3. The van der Waals surface area contributed by atoms with Crippen LogP contribution in [0.1, 0.15) is 59.8 Å². The van der Waals surface area contributed by atoms with Crippen LogP contribution in [0.5, 0.6) is 0 Å². The highest BCUT2D eigenvalue weighted by molar-refractivity contribution is 6.05. The number of rotatable bonds is 3. The molecule has 0 saturated carbocycles. The van der Waals surface area contributed by atoms with Crippen molar-refractivity contribution in [3.05, 3.63) is 41.2 Å². The van der Waals surface area contributed by atoms with Gasteiger partial charge < -0.3 is 10.2 Å². The maximum absolute atomic E-state index is 13.0. The fourth-order valence-electron chi connectivity index (χ4n) is 4.44. The third kappa shape index (κ3) is 3.11. The van der Waals surface area contributed by atoms with Gasteiger partial charge in [-0.3, -0.25) is 19.7 Å². The van der Waals surface area contributed by atoms with Crippen molar-refractivity contribution in [2.75, 3.05) is 6.54 Å². The molecule has 0 aliphatic carbocycles. The minimum atomic E-state index is -0.627. The molecule has 2 atom stereocenters. The van der Waals surface area contributed by atoms with Gasteiger partial charge in [0, 0.05) is 24.1 Å². The summed E-state index contributed by atoms with van der Waals surface area (Å²) in [5.74, 6) is -0.886. The summed E-state index contributed by atoms with van der Waals surface area (Å²) < 4.78 is 1.71. The Morgan fingerprint density at radius 2 is 2.00 bits per heavy atom. The Bertz CT molecular complexity index is 994. The number of carbonyl (C=O) groups is 3. The van der Waals surface area contributed by atoms with Gasteiger partial charge in [-0.1, -0.05) is 17.7 Å². The molecule has 2 N–H and O–H groups in total. The van der Waals surface area contributed by atoms with Crippen LogP contribution in [0, 0.1) is 0 Å². The molecule has 3 amide bonds. The second-order valence-electron chi connectivity index (χ2n) is 7.79. The van der Waals surface area contributed by atoms with Crippen LogP contribution in [0.4, 0.5) is 0 Å². The normalized spacial score (nSPS) is 24.6. The fourth-order valence-corrected chi connectivity index (χ4v) is 4.44. The largest absolute Gasteiger partial charge is 0.322 e. The second kappa shape index (κ2) is 7.07. The van der Waals surface area contributed by atoms with Gasteiger partial charge >= 0.3 is 0 Å². The molecule has 4 heterocycles. The number of hydrogen-bond acceptors (Lipinski definition) is 6. The third-order valence-electron chi connectivity index (χ3n) is 5.98. The molecule has 0 bridgehead atoms. The molecule has 5 rings (SSSR count). The number of carbonyl (C=O) groups excluding carboxylic acids is 3. The highest BCUT2D eigenvalue weighted by atomic mass is 16.2. The zero-order valence-corrected chi connectivity index (χ0v) is 15.9. The Hall–Kier alpha value is -3.07. The van der Waals surface area contributed by atoms with Crippen LogP contribution in [0.2, 0.25) is 0 Å². The lowest BCUT2D eigenvalue weighted by Gasteiger charge is -2.29. The summed E-state index contributed by atoms with van der Waals surface area (Å²) >= 11 is 0. The number of fused-ring (bicyclic) bond motifs is 1. The van der Waals surface area contributed by atoms with Gasteiger partial charge in [0.1, 0.15) is 11.7 Å². The molecule has 9 nitrogen and oxygen atoms in total. The van der Waals surface area contributed by atoms with E-state index in [2.05, 4.69) is 20.9 Å². The first-order valence-corrected chi connectivity index (χ1v) is 10.0. The number of aromatic nitrogens is 3. The molecule has 2 unspecified atom stereocenters. The summed E-state index contributed by atoms with van der Waals surface area (Å²) in [4.78, 5) is 38.2. The number of hydrogen-bond donors (Lipinski definition) is 2. The van der Waals surface area contributed by atoms with Crippen LogP contribution in [0.25, 0.3) is 5.69 Å².